The van der Waals surface area contributed by atoms with Gasteiger partial charge in [-0.05, 0) is 38.3 Å². The SMILES string of the molecule is C=CCN(CCC)C1CCC1CN. The average molecular weight is 182 g/mol. The molecule has 0 aromatic rings. The smallest absolute Gasteiger partial charge is 0.0163 e. The first kappa shape index (κ1) is 10.7. The van der Waals surface area contributed by atoms with Crippen molar-refractivity contribution >= 4 is 0 Å². The van der Waals surface area contributed by atoms with Gasteiger partial charge in [0.2, 0.25) is 0 Å². The lowest BCUT2D eigenvalue weighted by Gasteiger charge is -2.43. The Bertz CT molecular complexity index is 154. The van der Waals surface area contributed by atoms with Crippen molar-refractivity contribution in [2.75, 3.05) is 19.6 Å². The monoisotopic (exact) mass is 182 g/mol. The maximum atomic E-state index is 5.70. The molecule has 1 aliphatic rings. The van der Waals surface area contributed by atoms with E-state index in [0.717, 1.165) is 25.0 Å². The summed E-state index contributed by atoms with van der Waals surface area (Å²) in [6, 6.07) is 0.739. The van der Waals surface area contributed by atoms with Crippen LogP contribution >= 0.6 is 0 Å². The first-order valence-corrected chi connectivity index (χ1v) is 5.38. The highest BCUT2D eigenvalue weighted by Gasteiger charge is 2.33. The fourth-order valence-electron chi connectivity index (χ4n) is 2.15. The van der Waals surface area contributed by atoms with E-state index in [1.54, 1.807) is 0 Å². The lowest BCUT2D eigenvalue weighted by molar-refractivity contribution is 0.0768. The summed E-state index contributed by atoms with van der Waals surface area (Å²) in [5.74, 6) is 0.742. The molecule has 1 rings (SSSR count). The second-order valence-corrected chi connectivity index (χ2v) is 3.92. The van der Waals surface area contributed by atoms with Crippen molar-refractivity contribution in [2.24, 2.45) is 11.7 Å². The van der Waals surface area contributed by atoms with Gasteiger partial charge in [0.1, 0.15) is 0 Å². The van der Waals surface area contributed by atoms with Gasteiger partial charge < -0.3 is 5.73 Å². The Morgan fingerprint density at radius 3 is 2.69 bits per heavy atom. The Labute approximate surface area is 81.8 Å². The lowest BCUT2D eigenvalue weighted by atomic mass is 9.78. The number of nitrogens with two attached hydrogens (primary N) is 1. The Kier molecular flexibility index (Phi) is 4.46. The molecule has 2 heteroatoms. The van der Waals surface area contributed by atoms with Gasteiger partial charge >= 0.3 is 0 Å². The van der Waals surface area contributed by atoms with E-state index in [2.05, 4.69) is 18.4 Å². The highest BCUT2D eigenvalue weighted by Crippen LogP contribution is 2.31. The zero-order valence-electron chi connectivity index (χ0n) is 8.71. The molecule has 2 nitrogen and oxygen atoms in total. The summed E-state index contributed by atoms with van der Waals surface area (Å²) >= 11 is 0. The quantitative estimate of drug-likeness (QED) is 0.632. The molecule has 1 aliphatic carbocycles. The van der Waals surface area contributed by atoms with E-state index >= 15 is 0 Å². The van der Waals surface area contributed by atoms with Crippen LogP contribution in [0.5, 0.6) is 0 Å². The fourth-order valence-corrected chi connectivity index (χ4v) is 2.15. The third kappa shape index (κ3) is 2.55. The second-order valence-electron chi connectivity index (χ2n) is 3.92. The zero-order chi connectivity index (χ0) is 9.68. The van der Waals surface area contributed by atoms with Gasteiger partial charge in [0.25, 0.3) is 0 Å². The summed E-state index contributed by atoms with van der Waals surface area (Å²) in [4.78, 5) is 2.52. The molecule has 2 unspecified atom stereocenters. The summed E-state index contributed by atoms with van der Waals surface area (Å²) in [5.41, 5.74) is 5.70. The van der Waals surface area contributed by atoms with E-state index in [9.17, 15) is 0 Å². The van der Waals surface area contributed by atoms with Crippen molar-refractivity contribution in [3.05, 3.63) is 12.7 Å². The number of rotatable bonds is 6. The molecule has 2 atom stereocenters. The van der Waals surface area contributed by atoms with Crippen molar-refractivity contribution in [1.29, 1.82) is 0 Å². The van der Waals surface area contributed by atoms with Gasteiger partial charge in [0, 0.05) is 12.6 Å². The van der Waals surface area contributed by atoms with E-state index in [1.807, 2.05) is 6.08 Å². The molecule has 0 bridgehead atoms. The van der Waals surface area contributed by atoms with E-state index in [1.165, 1.54) is 25.8 Å². The molecule has 0 aromatic heterocycles. The summed E-state index contributed by atoms with van der Waals surface area (Å²) in [6.07, 6.45) is 5.87. The van der Waals surface area contributed by atoms with E-state index in [4.69, 9.17) is 5.73 Å². The van der Waals surface area contributed by atoms with Crippen LogP contribution in [0.1, 0.15) is 26.2 Å². The third-order valence-electron chi connectivity index (χ3n) is 3.02. The molecule has 0 amide bonds. The van der Waals surface area contributed by atoms with Crippen LogP contribution in [-0.4, -0.2) is 30.6 Å². The normalized spacial score (nSPS) is 27.3. The maximum absolute atomic E-state index is 5.70. The second kappa shape index (κ2) is 5.40. The van der Waals surface area contributed by atoms with Crippen molar-refractivity contribution in [3.8, 4) is 0 Å². The molecule has 1 saturated carbocycles. The van der Waals surface area contributed by atoms with Crippen molar-refractivity contribution in [1.82, 2.24) is 4.90 Å². The largest absolute Gasteiger partial charge is 0.330 e. The molecule has 0 spiro atoms. The Hall–Kier alpha value is -0.340. The number of hydrogen-bond acceptors (Lipinski definition) is 2. The summed E-state index contributed by atoms with van der Waals surface area (Å²) in [5, 5.41) is 0. The highest BCUT2D eigenvalue weighted by molar-refractivity contribution is 4.91. The van der Waals surface area contributed by atoms with Crippen molar-refractivity contribution in [2.45, 2.75) is 32.2 Å². The fraction of sp³-hybridized carbons (Fsp3) is 0.818. The molecule has 0 radical (unpaired) electrons. The highest BCUT2D eigenvalue weighted by atomic mass is 15.2. The van der Waals surface area contributed by atoms with Gasteiger partial charge in [-0.15, -0.1) is 6.58 Å². The molecule has 0 aromatic carbocycles. The topological polar surface area (TPSA) is 29.3 Å². The molecular formula is C11H22N2. The number of hydrogen-bond donors (Lipinski definition) is 1. The summed E-state index contributed by atoms with van der Waals surface area (Å²) in [7, 11) is 0. The van der Waals surface area contributed by atoms with E-state index in [0.29, 0.717) is 0 Å². The van der Waals surface area contributed by atoms with Gasteiger partial charge in [-0.2, -0.15) is 0 Å². The van der Waals surface area contributed by atoms with Crippen LogP contribution in [-0.2, 0) is 0 Å². The lowest BCUT2D eigenvalue weighted by Crippen LogP contribution is -2.50. The molecule has 76 valence electrons. The molecule has 0 heterocycles. The van der Waals surface area contributed by atoms with Crippen molar-refractivity contribution in [3.63, 3.8) is 0 Å². The Balaban J connectivity index is 2.38. The first-order valence-electron chi connectivity index (χ1n) is 5.38. The van der Waals surface area contributed by atoms with Crippen LogP contribution in [0.4, 0.5) is 0 Å². The molecule has 0 aliphatic heterocycles. The molecule has 1 fully saturated rings. The van der Waals surface area contributed by atoms with Gasteiger partial charge in [-0.25, -0.2) is 0 Å². The van der Waals surface area contributed by atoms with Gasteiger partial charge in [0.05, 0.1) is 0 Å². The van der Waals surface area contributed by atoms with E-state index in [-0.39, 0.29) is 0 Å². The van der Waals surface area contributed by atoms with Crippen LogP contribution in [0.2, 0.25) is 0 Å². The van der Waals surface area contributed by atoms with Gasteiger partial charge in [-0.1, -0.05) is 13.0 Å². The minimum absolute atomic E-state index is 0.739. The minimum Gasteiger partial charge on any atom is -0.330 e. The maximum Gasteiger partial charge on any atom is 0.0163 e. The third-order valence-corrected chi connectivity index (χ3v) is 3.02. The van der Waals surface area contributed by atoms with Crippen LogP contribution in [0, 0.1) is 5.92 Å². The Morgan fingerprint density at radius 2 is 2.31 bits per heavy atom. The van der Waals surface area contributed by atoms with Crippen LogP contribution in [0.25, 0.3) is 0 Å². The molecule has 0 saturated heterocycles. The number of nitrogens with zero attached hydrogens (tertiary/aromatic N) is 1. The van der Waals surface area contributed by atoms with Crippen LogP contribution < -0.4 is 5.73 Å². The molecule has 2 N–H and O–H groups in total. The van der Waals surface area contributed by atoms with E-state index < -0.39 is 0 Å². The summed E-state index contributed by atoms with van der Waals surface area (Å²) in [6.45, 7) is 9.09. The van der Waals surface area contributed by atoms with Crippen LogP contribution in [0.15, 0.2) is 12.7 Å². The molecular weight excluding hydrogens is 160 g/mol. The Morgan fingerprint density at radius 1 is 1.54 bits per heavy atom. The van der Waals surface area contributed by atoms with Crippen LogP contribution in [0.3, 0.4) is 0 Å². The predicted octanol–water partition coefficient (Wildman–Crippen LogP) is 1.62. The standard InChI is InChI=1S/C11H22N2/c1-3-7-13(8-4-2)11-6-5-10(11)9-12/h3,10-11H,1,4-9,12H2,2H3. The predicted molar refractivity (Wildman–Crippen MR) is 57.6 cm³/mol. The van der Waals surface area contributed by atoms with Gasteiger partial charge in [0.15, 0.2) is 0 Å². The minimum atomic E-state index is 0.739. The van der Waals surface area contributed by atoms with Gasteiger partial charge in [-0.3, -0.25) is 4.90 Å². The van der Waals surface area contributed by atoms with Crippen molar-refractivity contribution < 1.29 is 0 Å². The average Bonchev–Trinajstić information content (AvgIpc) is 2.04. The zero-order valence-corrected chi connectivity index (χ0v) is 8.71. The first-order chi connectivity index (χ1) is 6.33. The summed E-state index contributed by atoms with van der Waals surface area (Å²) < 4.78 is 0. The molecule has 13 heavy (non-hydrogen) atoms.